The highest BCUT2D eigenvalue weighted by Gasteiger charge is 2.40. The topological polar surface area (TPSA) is 77.7 Å². The molecule has 198 valence electrons. The summed E-state index contributed by atoms with van der Waals surface area (Å²) < 4.78 is 4.52. The lowest BCUT2D eigenvalue weighted by atomic mass is 9.83. The summed E-state index contributed by atoms with van der Waals surface area (Å²) in [5.74, 6) is -0.281. The third kappa shape index (κ3) is 4.56. The molecule has 0 saturated heterocycles. The molecular weight excluding hydrogens is 521 g/mol. The predicted molar refractivity (Wildman–Crippen MR) is 163 cm³/mol. The van der Waals surface area contributed by atoms with Crippen LogP contribution in [0.4, 0.5) is 0 Å². The Kier molecular flexibility index (Phi) is 7.16. The Bertz CT molecular complexity index is 1580. The van der Waals surface area contributed by atoms with Crippen molar-refractivity contribution < 1.29 is 5.11 Å². The minimum atomic E-state index is -0.281. The van der Waals surface area contributed by atoms with Crippen LogP contribution in [0.25, 0.3) is 43.0 Å². The third-order valence-electron chi connectivity index (χ3n) is 7.39. The second kappa shape index (κ2) is 10.4. The Morgan fingerprint density at radius 1 is 0.846 bits per heavy atom. The molecule has 5 nitrogen and oxygen atoms in total. The van der Waals surface area contributed by atoms with E-state index in [9.17, 15) is 10.4 Å². The van der Waals surface area contributed by atoms with Gasteiger partial charge in [0, 0.05) is 51.3 Å². The zero-order valence-electron chi connectivity index (χ0n) is 23.0. The zero-order chi connectivity index (χ0) is 27.9. The van der Waals surface area contributed by atoms with Gasteiger partial charge in [-0.15, -0.1) is 22.7 Å². The number of hydrogen-bond acceptors (Lipinski definition) is 5. The van der Waals surface area contributed by atoms with Crippen LogP contribution >= 0.6 is 22.7 Å². The van der Waals surface area contributed by atoms with Crippen LogP contribution in [0.2, 0.25) is 0 Å². The van der Waals surface area contributed by atoms with E-state index in [1.165, 1.54) is 36.3 Å². The van der Waals surface area contributed by atoms with Gasteiger partial charge in [0.25, 0.3) is 0 Å². The van der Waals surface area contributed by atoms with Gasteiger partial charge in [-0.2, -0.15) is 10.5 Å². The zero-order valence-corrected chi connectivity index (χ0v) is 24.6. The average Bonchev–Trinajstić information content (AvgIpc) is 3.71. The first-order valence-electron chi connectivity index (χ1n) is 13.3. The molecule has 0 fully saturated rings. The first-order valence-corrected chi connectivity index (χ1v) is 14.9. The van der Waals surface area contributed by atoms with Crippen LogP contribution < -0.4 is 0 Å². The smallest absolute Gasteiger partial charge is 0.196 e. The van der Waals surface area contributed by atoms with Crippen LogP contribution in [0.1, 0.15) is 70.0 Å². The van der Waals surface area contributed by atoms with E-state index in [4.69, 9.17) is 5.26 Å². The van der Waals surface area contributed by atoms with Crippen LogP contribution in [0.3, 0.4) is 0 Å². The Balaban J connectivity index is 1.60. The highest BCUT2D eigenvalue weighted by atomic mass is 32.1. The molecule has 0 spiro atoms. The maximum Gasteiger partial charge on any atom is 0.196 e. The number of aliphatic hydroxyl groups excluding tert-OH is 1. The van der Waals surface area contributed by atoms with E-state index >= 15 is 0 Å². The largest absolute Gasteiger partial charge is 0.499 e. The van der Waals surface area contributed by atoms with Crippen molar-refractivity contribution in [1.29, 1.82) is 10.5 Å². The Morgan fingerprint density at radius 3 is 1.77 bits per heavy atom. The Hall–Kier alpha value is -3.78. The molecule has 4 aromatic heterocycles. The fourth-order valence-electron chi connectivity index (χ4n) is 5.47. The number of rotatable bonds is 8. The minimum absolute atomic E-state index is 0.111. The lowest BCUT2D eigenvalue weighted by Crippen LogP contribution is -2.13. The normalized spacial score (nSPS) is 14.2. The maximum atomic E-state index is 9.84. The molecule has 1 aliphatic carbocycles. The number of nitrogens with zero attached hydrogens (tertiary/aromatic N) is 4. The first kappa shape index (κ1) is 26.8. The number of hydrogen-bond donors (Lipinski definition) is 1. The molecule has 0 aliphatic heterocycles. The van der Waals surface area contributed by atoms with E-state index in [0.717, 1.165) is 43.0 Å². The predicted octanol–water partition coefficient (Wildman–Crippen LogP) is 9.22. The van der Waals surface area contributed by atoms with E-state index in [1.807, 2.05) is 47.8 Å². The van der Waals surface area contributed by atoms with Gasteiger partial charge in [0.05, 0.1) is 27.2 Å². The van der Waals surface area contributed by atoms with Crippen molar-refractivity contribution in [3.63, 3.8) is 0 Å². The summed E-state index contributed by atoms with van der Waals surface area (Å²) in [5, 5.41) is 28.2. The summed E-state index contributed by atoms with van der Waals surface area (Å²) in [5.41, 5.74) is 7.55. The van der Waals surface area contributed by atoms with Gasteiger partial charge in [-0.1, -0.05) is 27.7 Å². The molecule has 0 radical (unpaired) electrons. The van der Waals surface area contributed by atoms with Crippen molar-refractivity contribution in [3.05, 3.63) is 70.2 Å². The number of thiophene rings is 2. The molecule has 1 aliphatic rings. The monoisotopic (exact) mass is 552 g/mol. The van der Waals surface area contributed by atoms with E-state index in [2.05, 4.69) is 73.2 Å². The quantitative estimate of drug-likeness (QED) is 0.134. The van der Waals surface area contributed by atoms with Gasteiger partial charge in [0.2, 0.25) is 0 Å². The Labute approximate surface area is 238 Å². The summed E-state index contributed by atoms with van der Waals surface area (Å²) in [6.45, 7) is 12.5. The van der Waals surface area contributed by atoms with Gasteiger partial charge < -0.3 is 14.2 Å². The molecule has 4 heterocycles. The van der Waals surface area contributed by atoms with Gasteiger partial charge in [-0.3, -0.25) is 0 Å². The highest BCUT2D eigenvalue weighted by Crippen LogP contribution is 2.58. The average molecular weight is 553 g/mol. The third-order valence-corrected chi connectivity index (χ3v) is 9.86. The lowest BCUT2D eigenvalue weighted by molar-refractivity contribution is 0.441. The van der Waals surface area contributed by atoms with Gasteiger partial charge >= 0.3 is 0 Å². The van der Waals surface area contributed by atoms with Crippen molar-refractivity contribution in [3.8, 4) is 43.0 Å². The van der Waals surface area contributed by atoms with Gasteiger partial charge in [-0.05, 0) is 73.4 Å². The summed E-state index contributed by atoms with van der Waals surface area (Å²) >= 11 is 3.68. The summed E-state index contributed by atoms with van der Waals surface area (Å²) in [6, 6.07) is 17.1. The van der Waals surface area contributed by atoms with E-state index in [1.54, 1.807) is 6.08 Å². The van der Waals surface area contributed by atoms with Gasteiger partial charge in [-0.25, -0.2) is 0 Å². The SMILES string of the molecule is CCCn1c(/C=C(/C)C#N)ccc1-c1cc2c(s1)-c1sc(-c3ccc(/C=C(/O)C#N)n3CCC)cc1C2(C)C. The molecule has 1 N–H and O–H groups in total. The van der Waals surface area contributed by atoms with Crippen molar-refractivity contribution in [2.75, 3.05) is 0 Å². The second-order valence-electron chi connectivity index (χ2n) is 10.5. The van der Waals surface area contributed by atoms with Gasteiger partial charge in [0.1, 0.15) is 6.07 Å². The fourth-order valence-corrected chi connectivity index (χ4v) is 8.33. The molecule has 0 unspecified atom stereocenters. The standard InChI is InChI=1S/C32H32N4OS2/c1-6-12-35-21(14-20(3)18-33)8-10-26(35)28-16-24-30(38-28)31-25(32(24,4)5)17-29(39-31)27-11-9-22(15-23(37)19-34)36(27)13-7-2/h8-11,14-17,37H,6-7,12-13H2,1-5H3/b20-14-,23-15+. The minimum Gasteiger partial charge on any atom is -0.499 e. The molecule has 5 rings (SSSR count). The van der Waals surface area contributed by atoms with Crippen LogP contribution in [0.5, 0.6) is 0 Å². The fraction of sp³-hybridized carbons (Fsp3) is 0.312. The molecule has 0 atom stereocenters. The molecule has 0 bridgehead atoms. The van der Waals surface area contributed by atoms with Crippen molar-refractivity contribution in [2.45, 2.75) is 66.0 Å². The molecule has 0 amide bonds. The molecule has 0 saturated carbocycles. The first-order chi connectivity index (χ1) is 18.7. The number of aromatic nitrogens is 2. The Morgan fingerprint density at radius 2 is 1.33 bits per heavy atom. The second-order valence-corrected chi connectivity index (χ2v) is 12.6. The van der Waals surface area contributed by atoms with Crippen LogP contribution in [-0.2, 0) is 18.5 Å². The number of fused-ring (bicyclic) bond motifs is 3. The van der Waals surface area contributed by atoms with Crippen LogP contribution in [0, 0.1) is 22.7 Å². The number of allylic oxidation sites excluding steroid dienone is 2. The molecule has 39 heavy (non-hydrogen) atoms. The molecule has 0 aromatic carbocycles. The molecule has 7 heteroatoms. The number of aliphatic hydroxyl groups is 1. The molecule has 4 aromatic rings. The van der Waals surface area contributed by atoms with Crippen molar-refractivity contribution >= 4 is 34.8 Å². The van der Waals surface area contributed by atoms with Gasteiger partial charge in [0.15, 0.2) is 5.76 Å². The summed E-state index contributed by atoms with van der Waals surface area (Å²) in [4.78, 5) is 5.13. The van der Waals surface area contributed by atoms with E-state index in [0.29, 0.717) is 5.57 Å². The van der Waals surface area contributed by atoms with Crippen molar-refractivity contribution in [1.82, 2.24) is 9.13 Å². The molecular formula is C32H32N4OS2. The van der Waals surface area contributed by atoms with Crippen LogP contribution in [-0.4, -0.2) is 14.2 Å². The van der Waals surface area contributed by atoms with E-state index in [-0.39, 0.29) is 11.2 Å². The maximum absolute atomic E-state index is 9.84. The van der Waals surface area contributed by atoms with Crippen LogP contribution in [0.15, 0.2) is 47.7 Å². The summed E-state index contributed by atoms with van der Waals surface area (Å²) in [7, 11) is 0. The van der Waals surface area contributed by atoms with Crippen molar-refractivity contribution in [2.24, 2.45) is 0 Å². The summed E-state index contributed by atoms with van der Waals surface area (Å²) in [6.07, 6.45) is 5.48. The highest BCUT2D eigenvalue weighted by molar-refractivity contribution is 7.25. The van der Waals surface area contributed by atoms with E-state index < -0.39 is 0 Å². The lowest BCUT2D eigenvalue weighted by Gasteiger charge is -2.19. The number of nitriles is 2.